The van der Waals surface area contributed by atoms with Crippen molar-refractivity contribution in [3.05, 3.63) is 6.07 Å². The first-order chi connectivity index (χ1) is 6.66. The third-order valence-electron chi connectivity index (χ3n) is 2.79. The van der Waals surface area contributed by atoms with Gasteiger partial charge in [-0.05, 0) is 25.5 Å². The molecule has 0 amide bonds. The van der Waals surface area contributed by atoms with Crippen molar-refractivity contribution in [3.8, 4) is 0 Å². The zero-order chi connectivity index (χ0) is 10.1. The van der Waals surface area contributed by atoms with Crippen molar-refractivity contribution in [2.24, 2.45) is 0 Å². The number of nitrogens with zero attached hydrogens (tertiary/aromatic N) is 3. The van der Waals surface area contributed by atoms with Gasteiger partial charge in [0.1, 0.15) is 10.8 Å². The Balaban J connectivity index is 2.06. The van der Waals surface area contributed by atoms with Crippen LogP contribution in [0.15, 0.2) is 6.07 Å². The number of nitrogen functional groups attached to an aromatic ring is 1. The molecule has 1 atom stereocenters. The molecule has 78 valence electrons. The summed E-state index contributed by atoms with van der Waals surface area (Å²) in [5.41, 5.74) is 5.61. The summed E-state index contributed by atoms with van der Waals surface area (Å²) in [6.07, 6.45) is 0. The van der Waals surface area contributed by atoms with E-state index in [1.54, 1.807) is 0 Å². The number of hydrogen-bond donors (Lipinski definition) is 1. The molecule has 1 aliphatic heterocycles. The number of likely N-dealkylation sites (N-methyl/N-ethyl adjacent to an activating group) is 1. The number of anilines is 2. The van der Waals surface area contributed by atoms with Gasteiger partial charge in [-0.15, -0.1) is 0 Å². The quantitative estimate of drug-likeness (QED) is 0.750. The van der Waals surface area contributed by atoms with Gasteiger partial charge in [0, 0.05) is 31.7 Å². The summed E-state index contributed by atoms with van der Waals surface area (Å²) in [4.78, 5) is 4.74. The van der Waals surface area contributed by atoms with Crippen molar-refractivity contribution in [2.75, 3.05) is 37.3 Å². The lowest BCUT2D eigenvalue weighted by Gasteiger charge is -2.37. The van der Waals surface area contributed by atoms with Gasteiger partial charge in [-0.2, -0.15) is 4.37 Å². The molecule has 0 aromatic carbocycles. The average Bonchev–Trinajstić information content (AvgIpc) is 2.57. The molecular weight excluding hydrogens is 196 g/mol. The van der Waals surface area contributed by atoms with Gasteiger partial charge in [-0.3, -0.25) is 0 Å². The number of aromatic nitrogens is 1. The lowest BCUT2D eigenvalue weighted by atomic mass is 10.2. The molecule has 1 aromatic rings. The summed E-state index contributed by atoms with van der Waals surface area (Å²) in [5, 5.41) is 1.20. The molecule has 2 N–H and O–H groups in total. The smallest absolute Gasteiger partial charge is 0.139 e. The minimum Gasteiger partial charge on any atom is -0.383 e. The van der Waals surface area contributed by atoms with Crippen molar-refractivity contribution >= 4 is 22.4 Å². The van der Waals surface area contributed by atoms with E-state index in [-0.39, 0.29) is 0 Å². The molecule has 2 heterocycles. The van der Waals surface area contributed by atoms with E-state index in [9.17, 15) is 0 Å². The summed E-state index contributed by atoms with van der Waals surface area (Å²) in [6.45, 7) is 5.50. The maximum Gasteiger partial charge on any atom is 0.139 e. The first kappa shape index (κ1) is 9.73. The molecule has 0 spiro atoms. The molecule has 1 aliphatic rings. The van der Waals surface area contributed by atoms with Crippen LogP contribution in [0.25, 0.3) is 0 Å². The Morgan fingerprint density at radius 2 is 2.36 bits per heavy atom. The van der Waals surface area contributed by atoms with Crippen LogP contribution in [0.3, 0.4) is 0 Å². The van der Waals surface area contributed by atoms with Gasteiger partial charge in [-0.1, -0.05) is 0 Å². The Labute approximate surface area is 88.5 Å². The summed E-state index contributed by atoms with van der Waals surface area (Å²) < 4.78 is 4.10. The summed E-state index contributed by atoms with van der Waals surface area (Å²) >= 11 is 1.49. The van der Waals surface area contributed by atoms with Crippen LogP contribution >= 0.6 is 11.5 Å². The minimum absolute atomic E-state index is 0.604. The highest BCUT2D eigenvalue weighted by molar-refractivity contribution is 7.10. The molecule has 1 aromatic heterocycles. The standard InChI is InChI=1S/C9H16N4S/c1-7-6-13(4-3-12(7)2)9-5-8(10)11-14-9/h5,7H,3-4,6H2,1-2H3,(H2,10,11). The SMILES string of the molecule is CC1CN(c2cc(N)ns2)CCN1C. The summed E-state index contributed by atoms with van der Waals surface area (Å²) in [5.74, 6) is 0.636. The van der Waals surface area contributed by atoms with Gasteiger partial charge in [0.2, 0.25) is 0 Å². The zero-order valence-electron chi connectivity index (χ0n) is 8.60. The second-order valence-corrected chi connectivity index (χ2v) is 4.65. The fourth-order valence-corrected chi connectivity index (χ4v) is 2.38. The van der Waals surface area contributed by atoms with E-state index >= 15 is 0 Å². The highest BCUT2D eigenvalue weighted by atomic mass is 32.1. The van der Waals surface area contributed by atoms with Gasteiger partial charge >= 0.3 is 0 Å². The lowest BCUT2D eigenvalue weighted by molar-refractivity contribution is 0.234. The van der Waals surface area contributed by atoms with Crippen LogP contribution in [0.1, 0.15) is 6.92 Å². The van der Waals surface area contributed by atoms with Crippen molar-refractivity contribution in [1.82, 2.24) is 9.27 Å². The number of nitrogens with two attached hydrogens (primary N) is 1. The van der Waals surface area contributed by atoms with Crippen molar-refractivity contribution in [3.63, 3.8) is 0 Å². The second-order valence-electron chi connectivity index (χ2n) is 3.87. The highest BCUT2D eigenvalue weighted by Crippen LogP contribution is 2.24. The van der Waals surface area contributed by atoms with Gasteiger partial charge < -0.3 is 15.5 Å². The molecule has 0 radical (unpaired) electrons. The van der Waals surface area contributed by atoms with Crippen molar-refractivity contribution < 1.29 is 0 Å². The van der Waals surface area contributed by atoms with Gasteiger partial charge in [0.05, 0.1) is 0 Å². The molecule has 5 heteroatoms. The predicted octanol–water partition coefficient (Wildman–Crippen LogP) is 0.866. The molecule has 1 saturated heterocycles. The van der Waals surface area contributed by atoms with Crippen LogP contribution in [0, 0.1) is 0 Å². The molecular formula is C9H16N4S. The largest absolute Gasteiger partial charge is 0.383 e. The number of hydrogen-bond acceptors (Lipinski definition) is 5. The summed E-state index contributed by atoms with van der Waals surface area (Å²) in [6, 6.07) is 2.56. The van der Waals surface area contributed by atoms with E-state index < -0.39 is 0 Å². The Bertz CT molecular complexity index is 312. The third kappa shape index (κ3) is 1.83. The third-order valence-corrected chi connectivity index (χ3v) is 3.65. The fraction of sp³-hybridized carbons (Fsp3) is 0.667. The first-order valence-electron chi connectivity index (χ1n) is 4.84. The van der Waals surface area contributed by atoms with Crippen LogP contribution < -0.4 is 10.6 Å². The second kappa shape index (κ2) is 3.74. The van der Waals surface area contributed by atoms with Crippen LogP contribution in [-0.4, -0.2) is 42.0 Å². The maximum atomic E-state index is 5.61. The minimum atomic E-state index is 0.604. The van der Waals surface area contributed by atoms with Crippen LogP contribution in [-0.2, 0) is 0 Å². The number of piperazine rings is 1. The van der Waals surface area contributed by atoms with E-state index in [4.69, 9.17) is 5.73 Å². The topological polar surface area (TPSA) is 45.4 Å². The maximum absolute atomic E-state index is 5.61. The van der Waals surface area contributed by atoms with Gasteiger partial charge in [0.15, 0.2) is 0 Å². The average molecular weight is 212 g/mol. The molecule has 1 unspecified atom stereocenters. The van der Waals surface area contributed by atoms with Crippen LogP contribution in [0.5, 0.6) is 0 Å². The van der Waals surface area contributed by atoms with Crippen molar-refractivity contribution in [2.45, 2.75) is 13.0 Å². The summed E-state index contributed by atoms with van der Waals surface area (Å²) in [7, 11) is 2.17. The lowest BCUT2D eigenvalue weighted by Crippen LogP contribution is -2.49. The van der Waals surface area contributed by atoms with Crippen LogP contribution in [0.2, 0.25) is 0 Å². The predicted molar refractivity (Wildman–Crippen MR) is 60.8 cm³/mol. The van der Waals surface area contributed by atoms with Crippen molar-refractivity contribution in [1.29, 1.82) is 0 Å². The van der Waals surface area contributed by atoms with E-state index in [2.05, 4.69) is 28.1 Å². The van der Waals surface area contributed by atoms with E-state index in [1.807, 2.05) is 6.07 Å². The Morgan fingerprint density at radius 3 is 2.93 bits per heavy atom. The Kier molecular flexibility index (Phi) is 2.60. The molecule has 0 bridgehead atoms. The fourth-order valence-electron chi connectivity index (χ4n) is 1.68. The van der Waals surface area contributed by atoms with E-state index in [0.29, 0.717) is 11.9 Å². The Morgan fingerprint density at radius 1 is 1.57 bits per heavy atom. The normalized spacial score (nSPS) is 24.1. The van der Waals surface area contributed by atoms with E-state index in [0.717, 1.165) is 19.6 Å². The molecule has 4 nitrogen and oxygen atoms in total. The van der Waals surface area contributed by atoms with E-state index in [1.165, 1.54) is 16.5 Å². The molecule has 1 fully saturated rings. The first-order valence-corrected chi connectivity index (χ1v) is 5.61. The van der Waals surface area contributed by atoms with Gasteiger partial charge in [-0.25, -0.2) is 0 Å². The highest BCUT2D eigenvalue weighted by Gasteiger charge is 2.21. The van der Waals surface area contributed by atoms with Crippen LogP contribution in [0.4, 0.5) is 10.8 Å². The Hall–Kier alpha value is -0.810. The number of rotatable bonds is 1. The molecule has 2 rings (SSSR count). The zero-order valence-corrected chi connectivity index (χ0v) is 9.42. The van der Waals surface area contributed by atoms with Gasteiger partial charge in [0.25, 0.3) is 0 Å². The molecule has 0 aliphatic carbocycles. The molecule has 0 saturated carbocycles. The monoisotopic (exact) mass is 212 g/mol. The molecule has 14 heavy (non-hydrogen) atoms.